The summed E-state index contributed by atoms with van der Waals surface area (Å²) in [6.45, 7) is 3.00. The second kappa shape index (κ2) is 4.67. The van der Waals surface area contributed by atoms with Gasteiger partial charge in [-0.05, 0) is 32.0 Å². The summed E-state index contributed by atoms with van der Waals surface area (Å²) in [7, 11) is -3.90. The summed E-state index contributed by atoms with van der Waals surface area (Å²) in [6.07, 6.45) is 0. The summed E-state index contributed by atoms with van der Waals surface area (Å²) in [4.78, 5) is 23.0. The average Bonchev–Trinajstić information content (AvgIpc) is 2.90. The van der Waals surface area contributed by atoms with Crippen LogP contribution in [-0.4, -0.2) is 25.4 Å². The van der Waals surface area contributed by atoms with Crippen molar-refractivity contribution in [2.45, 2.75) is 18.7 Å². The van der Waals surface area contributed by atoms with Crippen molar-refractivity contribution in [1.82, 2.24) is 10.5 Å². The Balaban J connectivity index is 1.99. The average molecular weight is 321 g/mol. The van der Waals surface area contributed by atoms with Crippen LogP contribution in [0.3, 0.4) is 0 Å². The molecule has 9 heteroatoms. The molecular weight excluding hydrogens is 310 g/mol. The Kier molecular flexibility index (Phi) is 3.03. The highest BCUT2D eigenvalue weighted by Crippen LogP contribution is 2.25. The van der Waals surface area contributed by atoms with Gasteiger partial charge < -0.3 is 4.52 Å². The highest BCUT2D eigenvalue weighted by molar-refractivity contribution is 7.92. The van der Waals surface area contributed by atoms with Gasteiger partial charge in [-0.25, -0.2) is 8.42 Å². The highest BCUT2D eigenvalue weighted by atomic mass is 32.2. The van der Waals surface area contributed by atoms with Gasteiger partial charge in [-0.15, -0.1) is 0 Å². The lowest BCUT2D eigenvalue weighted by molar-refractivity contribution is 0.0879. The van der Waals surface area contributed by atoms with E-state index in [1.54, 1.807) is 0 Å². The fourth-order valence-electron chi connectivity index (χ4n) is 2.30. The zero-order valence-electron chi connectivity index (χ0n) is 11.6. The van der Waals surface area contributed by atoms with E-state index in [2.05, 4.69) is 15.2 Å². The van der Waals surface area contributed by atoms with Gasteiger partial charge in [-0.2, -0.15) is 0 Å². The molecule has 0 saturated carbocycles. The third-order valence-electron chi connectivity index (χ3n) is 3.22. The van der Waals surface area contributed by atoms with Crippen molar-refractivity contribution in [1.29, 1.82) is 0 Å². The van der Waals surface area contributed by atoms with E-state index in [9.17, 15) is 18.0 Å². The molecule has 1 aliphatic heterocycles. The van der Waals surface area contributed by atoms with E-state index in [1.807, 2.05) is 0 Å². The largest absolute Gasteiger partial charge is 0.360 e. The van der Waals surface area contributed by atoms with Crippen LogP contribution in [0.15, 0.2) is 27.6 Å². The number of fused-ring (bicyclic) bond motifs is 1. The maximum atomic E-state index is 12.4. The van der Waals surface area contributed by atoms with Gasteiger partial charge in [-0.1, -0.05) is 5.16 Å². The Morgan fingerprint density at radius 1 is 1.14 bits per heavy atom. The number of rotatable bonds is 3. The van der Waals surface area contributed by atoms with E-state index in [-0.39, 0.29) is 33.2 Å². The first kappa shape index (κ1) is 14.3. The molecule has 114 valence electrons. The number of hydrogen-bond donors (Lipinski definition) is 2. The van der Waals surface area contributed by atoms with Crippen molar-refractivity contribution in [2.24, 2.45) is 0 Å². The number of nitrogens with one attached hydrogen (secondary N) is 2. The molecule has 0 aliphatic carbocycles. The fraction of sp³-hybridized carbons (Fsp3) is 0.154. The lowest BCUT2D eigenvalue weighted by atomic mass is 10.1. The summed E-state index contributed by atoms with van der Waals surface area (Å²) >= 11 is 0. The number of aromatic nitrogens is 1. The molecule has 0 bridgehead atoms. The van der Waals surface area contributed by atoms with Gasteiger partial charge in [0.15, 0.2) is 10.7 Å². The molecule has 2 heterocycles. The quantitative estimate of drug-likeness (QED) is 0.813. The second-order valence-electron chi connectivity index (χ2n) is 4.80. The maximum Gasteiger partial charge on any atom is 0.267 e. The molecular formula is C13H11N3O5S. The predicted octanol–water partition coefficient (Wildman–Crippen LogP) is 0.976. The smallest absolute Gasteiger partial charge is 0.267 e. The number of benzene rings is 1. The third kappa shape index (κ3) is 2.15. The minimum atomic E-state index is -3.90. The molecule has 0 fully saturated rings. The van der Waals surface area contributed by atoms with E-state index in [4.69, 9.17) is 4.52 Å². The lowest BCUT2D eigenvalue weighted by Crippen LogP contribution is -2.19. The molecule has 1 aromatic heterocycles. The summed E-state index contributed by atoms with van der Waals surface area (Å²) in [5.74, 6) is -0.891. The molecule has 1 aromatic carbocycles. The van der Waals surface area contributed by atoms with Crippen molar-refractivity contribution in [3.05, 3.63) is 40.8 Å². The van der Waals surface area contributed by atoms with E-state index < -0.39 is 21.8 Å². The molecule has 22 heavy (non-hydrogen) atoms. The molecule has 0 saturated heterocycles. The zero-order valence-corrected chi connectivity index (χ0v) is 12.4. The summed E-state index contributed by atoms with van der Waals surface area (Å²) in [6, 6.07) is 4.11. The number of imide groups is 1. The second-order valence-corrected chi connectivity index (χ2v) is 6.42. The van der Waals surface area contributed by atoms with Crippen LogP contribution in [0.5, 0.6) is 0 Å². The van der Waals surface area contributed by atoms with E-state index in [0.29, 0.717) is 0 Å². The van der Waals surface area contributed by atoms with E-state index in [0.717, 1.165) is 0 Å². The van der Waals surface area contributed by atoms with E-state index in [1.165, 1.54) is 32.0 Å². The maximum absolute atomic E-state index is 12.4. The fourth-order valence-corrected chi connectivity index (χ4v) is 3.68. The van der Waals surface area contributed by atoms with Gasteiger partial charge >= 0.3 is 0 Å². The van der Waals surface area contributed by atoms with Crippen LogP contribution in [0, 0.1) is 13.8 Å². The molecule has 8 nitrogen and oxygen atoms in total. The van der Waals surface area contributed by atoms with Gasteiger partial charge in [0.25, 0.3) is 21.8 Å². The number of nitrogens with zero attached hydrogens (tertiary/aromatic N) is 1. The first-order chi connectivity index (χ1) is 10.3. The number of aryl methyl sites for hydroxylation is 2. The normalized spacial score (nSPS) is 13.9. The summed E-state index contributed by atoms with van der Waals surface area (Å²) < 4.78 is 31.9. The molecule has 2 amide bonds. The molecule has 1 aliphatic rings. The summed E-state index contributed by atoms with van der Waals surface area (Å²) in [5.41, 5.74) is 0.747. The monoisotopic (exact) mass is 321 g/mol. The predicted molar refractivity (Wildman–Crippen MR) is 75.0 cm³/mol. The van der Waals surface area contributed by atoms with Crippen molar-refractivity contribution >= 4 is 27.5 Å². The van der Waals surface area contributed by atoms with Crippen LogP contribution < -0.4 is 10.0 Å². The topological polar surface area (TPSA) is 118 Å². The number of sulfonamides is 1. The lowest BCUT2D eigenvalue weighted by Gasteiger charge is -2.08. The third-order valence-corrected chi connectivity index (χ3v) is 4.85. The minimum Gasteiger partial charge on any atom is -0.360 e. The first-order valence-corrected chi connectivity index (χ1v) is 7.73. The first-order valence-electron chi connectivity index (χ1n) is 6.25. The highest BCUT2D eigenvalue weighted by Gasteiger charge is 2.28. The van der Waals surface area contributed by atoms with Crippen molar-refractivity contribution in [2.75, 3.05) is 4.72 Å². The van der Waals surface area contributed by atoms with Gasteiger partial charge in [-0.3, -0.25) is 19.6 Å². The van der Waals surface area contributed by atoms with Crippen LogP contribution in [-0.2, 0) is 10.0 Å². The Labute approximate surface area is 125 Å². The molecule has 0 radical (unpaired) electrons. The Hall–Kier alpha value is -2.68. The van der Waals surface area contributed by atoms with Gasteiger partial charge in [0.2, 0.25) is 0 Å². The molecule has 0 unspecified atom stereocenters. The number of carbonyl (C=O) groups excluding carboxylic acids is 2. The van der Waals surface area contributed by atoms with Crippen LogP contribution in [0.25, 0.3) is 0 Å². The Bertz CT molecular complexity index is 894. The number of hydrogen-bond acceptors (Lipinski definition) is 6. The number of amides is 2. The van der Waals surface area contributed by atoms with Crippen molar-refractivity contribution < 1.29 is 22.5 Å². The van der Waals surface area contributed by atoms with Crippen LogP contribution >= 0.6 is 0 Å². The van der Waals surface area contributed by atoms with Gasteiger partial charge in [0, 0.05) is 5.69 Å². The van der Waals surface area contributed by atoms with Crippen molar-refractivity contribution in [3.63, 3.8) is 0 Å². The van der Waals surface area contributed by atoms with Crippen molar-refractivity contribution in [3.8, 4) is 0 Å². The number of carbonyl (C=O) groups is 2. The SMILES string of the molecule is Cc1noc(C)c1S(=O)(=O)Nc1ccc2c(c1)C(=O)NC2=O. The molecule has 3 rings (SSSR count). The van der Waals surface area contributed by atoms with E-state index >= 15 is 0 Å². The molecule has 0 atom stereocenters. The van der Waals surface area contributed by atoms with Gasteiger partial charge in [0.1, 0.15) is 5.69 Å². The summed E-state index contributed by atoms with van der Waals surface area (Å²) in [5, 5.41) is 5.74. The zero-order chi connectivity index (χ0) is 16.1. The van der Waals surface area contributed by atoms with Gasteiger partial charge in [0.05, 0.1) is 11.1 Å². The van der Waals surface area contributed by atoms with Crippen LogP contribution in [0.2, 0.25) is 0 Å². The minimum absolute atomic E-state index is 0.0477. The standard InChI is InChI=1S/C13H11N3O5S/c1-6-11(7(2)21-15-6)22(19,20)16-8-3-4-9-10(5-8)13(18)14-12(9)17/h3-5,16H,1-2H3,(H,14,17,18). The number of anilines is 1. The molecule has 2 aromatic rings. The van der Waals surface area contributed by atoms with Crippen LogP contribution in [0.4, 0.5) is 5.69 Å². The van der Waals surface area contributed by atoms with Crippen LogP contribution in [0.1, 0.15) is 32.2 Å². The Morgan fingerprint density at radius 3 is 2.45 bits per heavy atom. The molecule has 0 spiro atoms. The molecule has 2 N–H and O–H groups in total. The Morgan fingerprint density at radius 2 is 1.82 bits per heavy atom.